The molecule has 2 nitrogen and oxygen atoms in total. The van der Waals surface area contributed by atoms with Crippen molar-refractivity contribution in [1.29, 1.82) is 0 Å². The van der Waals surface area contributed by atoms with Crippen LogP contribution >= 0.6 is 23.2 Å². The Balaban J connectivity index is 1.86. The van der Waals surface area contributed by atoms with E-state index >= 15 is 0 Å². The number of hydrogen-bond acceptors (Lipinski definition) is 2. The molecule has 23 heavy (non-hydrogen) atoms. The van der Waals surface area contributed by atoms with Crippen LogP contribution in [0.25, 0.3) is 0 Å². The zero-order valence-corrected chi connectivity index (χ0v) is 13.7. The average Bonchev–Trinajstić information content (AvgIpc) is 2.54. The number of halogens is 2. The number of anilines is 2. The van der Waals surface area contributed by atoms with Crippen LogP contribution in [-0.4, -0.2) is 6.21 Å². The summed E-state index contributed by atoms with van der Waals surface area (Å²) in [5.74, 6) is 0. The van der Waals surface area contributed by atoms with Crippen LogP contribution in [0.3, 0.4) is 0 Å². The second-order valence-electron chi connectivity index (χ2n) is 4.96. The minimum atomic E-state index is 0.671. The second kappa shape index (κ2) is 7.32. The lowest BCUT2D eigenvalue weighted by atomic mass is 10.2. The predicted molar refractivity (Wildman–Crippen MR) is 99.9 cm³/mol. The molecule has 0 saturated heterocycles. The third-order valence-corrected chi connectivity index (χ3v) is 3.70. The van der Waals surface area contributed by atoms with E-state index in [4.69, 9.17) is 23.2 Å². The predicted octanol–water partition coefficient (Wildman–Crippen LogP) is 6.49. The van der Waals surface area contributed by atoms with Gasteiger partial charge in [0.25, 0.3) is 0 Å². The summed E-state index contributed by atoms with van der Waals surface area (Å²) in [6, 6.07) is 23.0. The molecular formula is C19H14Cl2N2. The summed E-state index contributed by atoms with van der Waals surface area (Å²) in [5, 5.41) is 4.73. The molecule has 3 aromatic carbocycles. The first-order valence-corrected chi connectivity index (χ1v) is 7.87. The first kappa shape index (κ1) is 15.6. The summed E-state index contributed by atoms with van der Waals surface area (Å²) in [7, 11) is 0. The molecule has 1 N–H and O–H groups in total. The van der Waals surface area contributed by atoms with Gasteiger partial charge in [0.15, 0.2) is 0 Å². The van der Waals surface area contributed by atoms with E-state index < -0.39 is 0 Å². The zero-order chi connectivity index (χ0) is 16.1. The standard InChI is InChI=1S/C19H14Cl2N2/c20-15-6-3-8-17(11-15)22-13-14-5-1-2-10-19(14)23-18-9-4-7-16(21)12-18/h1-13,23H. The van der Waals surface area contributed by atoms with Crippen LogP contribution in [0, 0.1) is 0 Å². The van der Waals surface area contributed by atoms with Gasteiger partial charge in [-0.1, -0.05) is 53.5 Å². The zero-order valence-electron chi connectivity index (χ0n) is 12.2. The van der Waals surface area contributed by atoms with Gasteiger partial charge in [-0.2, -0.15) is 0 Å². The van der Waals surface area contributed by atoms with Crippen LogP contribution in [0.4, 0.5) is 17.1 Å². The maximum absolute atomic E-state index is 6.03. The average molecular weight is 341 g/mol. The molecule has 0 heterocycles. The Morgan fingerprint density at radius 3 is 2.30 bits per heavy atom. The third-order valence-electron chi connectivity index (χ3n) is 3.23. The lowest BCUT2D eigenvalue weighted by molar-refractivity contribution is 1.50. The van der Waals surface area contributed by atoms with E-state index in [-0.39, 0.29) is 0 Å². The maximum Gasteiger partial charge on any atom is 0.0644 e. The topological polar surface area (TPSA) is 24.4 Å². The van der Waals surface area contributed by atoms with Crippen molar-refractivity contribution < 1.29 is 0 Å². The van der Waals surface area contributed by atoms with E-state index in [1.165, 1.54) is 0 Å². The van der Waals surface area contributed by atoms with E-state index in [0.29, 0.717) is 10.0 Å². The molecule has 3 aromatic rings. The van der Waals surface area contributed by atoms with Crippen LogP contribution in [0.1, 0.15) is 5.56 Å². The number of nitrogens with zero attached hydrogens (tertiary/aromatic N) is 1. The number of aliphatic imine (C=N–C) groups is 1. The Hall–Kier alpha value is -2.29. The summed E-state index contributed by atoms with van der Waals surface area (Å²) in [6.07, 6.45) is 1.82. The number of para-hydroxylation sites is 1. The third kappa shape index (κ3) is 4.35. The molecule has 0 saturated carbocycles. The molecule has 0 radical (unpaired) electrons. The quantitative estimate of drug-likeness (QED) is 0.539. The molecule has 114 valence electrons. The van der Waals surface area contributed by atoms with Crippen molar-refractivity contribution in [2.24, 2.45) is 4.99 Å². The summed E-state index contributed by atoms with van der Waals surface area (Å²) >= 11 is 12.0. The largest absolute Gasteiger partial charge is 0.355 e. The van der Waals surface area contributed by atoms with Gasteiger partial charge in [-0.05, 0) is 42.5 Å². The fourth-order valence-electron chi connectivity index (χ4n) is 2.15. The molecule has 0 atom stereocenters. The number of nitrogens with one attached hydrogen (secondary N) is 1. The Kier molecular flexibility index (Phi) is 4.96. The van der Waals surface area contributed by atoms with E-state index in [2.05, 4.69) is 10.3 Å². The van der Waals surface area contributed by atoms with Crippen molar-refractivity contribution in [3.8, 4) is 0 Å². The Morgan fingerprint density at radius 1 is 0.783 bits per heavy atom. The number of rotatable bonds is 4. The van der Waals surface area contributed by atoms with Crippen molar-refractivity contribution in [2.45, 2.75) is 0 Å². The Bertz CT molecular complexity index is 844. The van der Waals surface area contributed by atoms with Gasteiger partial charge in [-0.25, -0.2) is 0 Å². The molecule has 0 aromatic heterocycles. The smallest absolute Gasteiger partial charge is 0.0644 e. The van der Waals surface area contributed by atoms with Gasteiger partial charge in [-0.3, -0.25) is 4.99 Å². The number of benzene rings is 3. The highest BCUT2D eigenvalue weighted by Crippen LogP contribution is 2.23. The second-order valence-corrected chi connectivity index (χ2v) is 5.83. The van der Waals surface area contributed by atoms with Crippen LogP contribution < -0.4 is 5.32 Å². The highest BCUT2D eigenvalue weighted by molar-refractivity contribution is 6.31. The van der Waals surface area contributed by atoms with Gasteiger partial charge < -0.3 is 5.32 Å². The number of hydrogen-bond donors (Lipinski definition) is 1. The minimum absolute atomic E-state index is 0.671. The highest BCUT2D eigenvalue weighted by Gasteiger charge is 2.01. The van der Waals surface area contributed by atoms with Gasteiger partial charge in [0.05, 0.1) is 5.69 Å². The van der Waals surface area contributed by atoms with Crippen LogP contribution in [-0.2, 0) is 0 Å². The van der Waals surface area contributed by atoms with Crippen molar-refractivity contribution in [3.05, 3.63) is 88.4 Å². The van der Waals surface area contributed by atoms with Gasteiger partial charge in [-0.15, -0.1) is 0 Å². The summed E-state index contributed by atoms with van der Waals surface area (Å²) < 4.78 is 0. The molecule has 3 rings (SSSR count). The maximum atomic E-state index is 6.03. The van der Waals surface area contributed by atoms with Crippen molar-refractivity contribution in [3.63, 3.8) is 0 Å². The molecule has 0 aliphatic carbocycles. The molecule has 0 aliphatic heterocycles. The monoisotopic (exact) mass is 340 g/mol. The first-order chi connectivity index (χ1) is 11.2. The molecule has 0 unspecified atom stereocenters. The molecule has 0 bridgehead atoms. The molecule has 0 fully saturated rings. The summed E-state index contributed by atoms with van der Waals surface area (Å²) in [4.78, 5) is 4.48. The molecule has 0 spiro atoms. The highest BCUT2D eigenvalue weighted by atomic mass is 35.5. The molecule has 4 heteroatoms. The molecular weight excluding hydrogens is 327 g/mol. The van der Waals surface area contributed by atoms with Crippen LogP contribution in [0.2, 0.25) is 10.0 Å². The van der Waals surface area contributed by atoms with Gasteiger partial charge in [0.1, 0.15) is 0 Å². The van der Waals surface area contributed by atoms with Crippen molar-refractivity contribution in [1.82, 2.24) is 0 Å². The van der Waals surface area contributed by atoms with Crippen LogP contribution in [0.5, 0.6) is 0 Å². The Morgan fingerprint density at radius 2 is 1.52 bits per heavy atom. The molecule has 0 aliphatic rings. The van der Waals surface area contributed by atoms with E-state index in [0.717, 1.165) is 22.6 Å². The van der Waals surface area contributed by atoms with Gasteiger partial charge in [0, 0.05) is 33.2 Å². The van der Waals surface area contributed by atoms with E-state index in [1.807, 2.05) is 79.0 Å². The lowest BCUT2D eigenvalue weighted by Gasteiger charge is -2.09. The van der Waals surface area contributed by atoms with Gasteiger partial charge >= 0.3 is 0 Å². The summed E-state index contributed by atoms with van der Waals surface area (Å²) in [6.45, 7) is 0. The lowest BCUT2D eigenvalue weighted by Crippen LogP contribution is -1.95. The normalized spacial score (nSPS) is 10.9. The van der Waals surface area contributed by atoms with E-state index in [9.17, 15) is 0 Å². The van der Waals surface area contributed by atoms with Crippen molar-refractivity contribution >= 4 is 46.5 Å². The van der Waals surface area contributed by atoms with Crippen molar-refractivity contribution in [2.75, 3.05) is 5.32 Å². The SMILES string of the molecule is Clc1cccc(N=Cc2ccccc2Nc2cccc(Cl)c2)c1. The molecule has 0 amide bonds. The summed E-state index contributed by atoms with van der Waals surface area (Å²) in [5.41, 5.74) is 3.68. The fourth-order valence-corrected chi connectivity index (χ4v) is 2.52. The first-order valence-electron chi connectivity index (χ1n) is 7.12. The van der Waals surface area contributed by atoms with E-state index in [1.54, 1.807) is 0 Å². The minimum Gasteiger partial charge on any atom is -0.355 e. The van der Waals surface area contributed by atoms with Crippen LogP contribution in [0.15, 0.2) is 77.8 Å². The Labute approximate surface area is 145 Å². The fraction of sp³-hybridized carbons (Fsp3) is 0. The van der Waals surface area contributed by atoms with Gasteiger partial charge in [0.2, 0.25) is 0 Å².